The van der Waals surface area contributed by atoms with E-state index in [0.717, 1.165) is 12.7 Å². The van der Waals surface area contributed by atoms with Gasteiger partial charge in [-0.05, 0) is 117 Å². The van der Waals surface area contributed by atoms with Crippen LogP contribution in [0.1, 0.15) is 65.0 Å². The Bertz CT molecular complexity index is 1000. The number of ketones is 1. The van der Waals surface area contributed by atoms with E-state index < -0.39 is 6.10 Å². The summed E-state index contributed by atoms with van der Waals surface area (Å²) in [5.41, 5.74) is 1.40. The zero-order valence-corrected chi connectivity index (χ0v) is 29.9. The number of ether oxygens (including phenoxy) is 6. The molecule has 207 valence electrons. The molecule has 38 heavy (non-hydrogen) atoms. The van der Waals surface area contributed by atoms with E-state index in [0.29, 0.717) is 41.8 Å². The molecule has 0 saturated carbocycles. The van der Waals surface area contributed by atoms with Crippen molar-refractivity contribution in [3.8, 4) is 23.0 Å². The molecular weight excluding hydrogens is 728 g/mol. The third kappa shape index (κ3) is 12.9. The number of halogens is 2. The Morgan fingerprint density at radius 3 is 1.66 bits per heavy atom. The molecule has 3 atom stereocenters. The number of carbonyl (C=O) groups excluding carboxylic acids is 1. The molecule has 0 fully saturated rings. The molecule has 8 nitrogen and oxygen atoms in total. The van der Waals surface area contributed by atoms with Gasteiger partial charge in [0.25, 0.3) is 0 Å². The van der Waals surface area contributed by atoms with E-state index in [4.69, 9.17) is 28.4 Å². The van der Waals surface area contributed by atoms with Crippen molar-refractivity contribution < 1.29 is 69.3 Å². The molecule has 12 heteroatoms. The molecule has 0 aliphatic carbocycles. The quantitative estimate of drug-likeness (QED) is 0.153. The smallest absolute Gasteiger partial charge is 1.00 e. The van der Waals surface area contributed by atoms with E-state index >= 15 is 0 Å². The van der Waals surface area contributed by atoms with Gasteiger partial charge >= 0.3 is 29.6 Å². The molecule has 3 unspecified atom stereocenters. The van der Waals surface area contributed by atoms with Gasteiger partial charge in [-0.15, -0.1) is 0 Å². The van der Waals surface area contributed by atoms with E-state index in [1.54, 1.807) is 39.3 Å². The molecule has 0 heterocycles. The van der Waals surface area contributed by atoms with Crippen LogP contribution in [-0.4, -0.2) is 59.3 Å². The topological polar surface area (TPSA) is 92.7 Å². The van der Waals surface area contributed by atoms with Crippen molar-refractivity contribution in [2.45, 2.75) is 60.2 Å². The fourth-order valence-corrected chi connectivity index (χ4v) is 4.48. The monoisotopic (exact) mass is 765 g/mol. The number of methoxy groups -OCH3 is 2. The van der Waals surface area contributed by atoms with Crippen LogP contribution < -0.4 is 48.5 Å². The molecule has 1 N–H and O–H groups in total. The van der Waals surface area contributed by atoms with E-state index in [-0.39, 0.29) is 57.8 Å². The summed E-state index contributed by atoms with van der Waals surface area (Å²) in [6, 6.07) is 7.11. The van der Waals surface area contributed by atoms with Gasteiger partial charge < -0.3 is 35.0 Å². The van der Waals surface area contributed by atoms with Crippen molar-refractivity contribution in [3.63, 3.8) is 0 Å². The molecule has 0 saturated heterocycles. The van der Waals surface area contributed by atoms with Crippen molar-refractivity contribution in [2.24, 2.45) is 0 Å². The van der Waals surface area contributed by atoms with E-state index in [2.05, 4.69) is 45.2 Å². The Labute approximate surface area is 279 Å². The van der Waals surface area contributed by atoms with Crippen LogP contribution in [0, 0.1) is 7.14 Å². The van der Waals surface area contributed by atoms with Crippen LogP contribution in [0.3, 0.4) is 0 Å². The zero-order valence-electron chi connectivity index (χ0n) is 24.6. The van der Waals surface area contributed by atoms with Crippen LogP contribution >= 0.6 is 45.2 Å². The van der Waals surface area contributed by atoms with Gasteiger partial charge in [-0.2, -0.15) is 0 Å². The minimum Gasteiger partial charge on any atom is -1.00 e. The van der Waals surface area contributed by atoms with Crippen LogP contribution in [-0.2, 0) is 9.47 Å². The number of hydrogen-bond acceptors (Lipinski definition) is 8. The van der Waals surface area contributed by atoms with Gasteiger partial charge in [0.05, 0.1) is 27.5 Å². The van der Waals surface area contributed by atoms with Gasteiger partial charge in [-0.25, -0.2) is 0 Å². The standard InChI is InChI=1S/C13H19IO4.C13H17IO4.B.Na.H/c2*1-5-17-9(3)18-13-11(14)6-10(8(2)15)7-12(13)16-4;;;/h6-9,15H,5H2,1-4H3;6-7,9H,5H2,1-4H3;;;/q;;;+1;-1. The first kappa shape index (κ1) is 39.9. The van der Waals surface area contributed by atoms with Crippen LogP contribution in [0.4, 0.5) is 0 Å². The van der Waals surface area contributed by atoms with E-state index in [1.165, 1.54) is 6.92 Å². The van der Waals surface area contributed by atoms with Gasteiger partial charge in [-0.3, -0.25) is 4.79 Å². The van der Waals surface area contributed by atoms with Gasteiger partial charge in [-0.1, -0.05) is 0 Å². The number of aliphatic hydroxyl groups is 1. The fourth-order valence-electron chi connectivity index (χ4n) is 3.00. The molecule has 3 radical (unpaired) electrons. The summed E-state index contributed by atoms with van der Waals surface area (Å²) in [6.45, 7) is 11.9. The first-order valence-electron chi connectivity index (χ1n) is 11.5. The second-order valence-electron chi connectivity index (χ2n) is 7.54. The second kappa shape index (κ2) is 20.6. The zero-order chi connectivity index (χ0) is 27.4. The third-order valence-corrected chi connectivity index (χ3v) is 6.34. The minimum absolute atomic E-state index is 0. The van der Waals surface area contributed by atoms with Crippen LogP contribution in [0.2, 0.25) is 0 Å². The SMILES string of the molecule is CCOC(C)Oc1c(I)cc(C(C)=O)cc1OC.CCOC(C)Oc1c(I)cc(C(C)O)cc1OC.[B].[H-].[Na+]. The van der Waals surface area contributed by atoms with Crippen molar-refractivity contribution >= 4 is 59.4 Å². The molecule has 0 amide bonds. The normalized spacial score (nSPS) is 12.4. The predicted octanol–water partition coefficient (Wildman–Crippen LogP) is 3.11. The molecular formula is C26H37BI2NaO8. The number of benzene rings is 2. The summed E-state index contributed by atoms with van der Waals surface area (Å²) < 4.78 is 34.3. The average molecular weight is 765 g/mol. The Kier molecular flexibility index (Phi) is 21.6. The molecule has 2 aromatic rings. The van der Waals surface area contributed by atoms with Crippen molar-refractivity contribution in [1.29, 1.82) is 0 Å². The number of aliphatic hydroxyl groups excluding tert-OH is 1. The maximum absolute atomic E-state index is 11.4. The van der Waals surface area contributed by atoms with Crippen LogP contribution in [0.5, 0.6) is 23.0 Å². The van der Waals surface area contributed by atoms with Gasteiger partial charge in [0.1, 0.15) is 0 Å². The predicted molar refractivity (Wildman–Crippen MR) is 162 cm³/mol. The Morgan fingerprint density at radius 2 is 1.29 bits per heavy atom. The van der Waals surface area contributed by atoms with E-state index in [9.17, 15) is 9.90 Å². The molecule has 0 aliphatic heterocycles. The molecule has 0 spiro atoms. The molecule has 0 bridgehead atoms. The minimum atomic E-state index is -0.536. The number of rotatable bonds is 12. The summed E-state index contributed by atoms with van der Waals surface area (Å²) in [4.78, 5) is 11.4. The number of carbonyl (C=O) groups is 1. The Balaban J connectivity index is -0.000000617. The van der Waals surface area contributed by atoms with Crippen LogP contribution in [0.15, 0.2) is 24.3 Å². The van der Waals surface area contributed by atoms with Gasteiger partial charge in [0.15, 0.2) is 41.4 Å². The maximum atomic E-state index is 11.4. The number of hydrogen-bond donors (Lipinski definition) is 1. The van der Waals surface area contributed by atoms with E-state index in [1.807, 2.05) is 33.8 Å². The van der Waals surface area contributed by atoms with Gasteiger partial charge in [0, 0.05) is 27.2 Å². The summed E-state index contributed by atoms with van der Waals surface area (Å²) in [7, 11) is 3.13. The Morgan fingerprint density at radius 1 is 0.868 bits per heavy atom. The summed E-state index contributed by atoms with van der Waals surface area (Å²) in [6.07, 6.45) is -1.24. The fraction of sp³-hybridized carbons (Fsp3) is 0.500. The first-order valence-corrected chi connectivity index (χ1v) is 13.6. The Hall–Kier alpha value is -0.285. The van der Waals surface area contributed by atoms with Crippen molar-refractivity contribution in [3.05, 3.63) is 42.5 Å². The molecule has 0 aliphatic rings. The molecule has 2 rings (SSSR count). The third-order valence-electron chi connectivity index (χ3n) is 4.74. The molecule has 2 aromatic carbocycles. The average Bonchev–Trinajstić information content (AvgIpc) is 2.81. The summed E-state index contributed by atoms with van der Waals surface area (Å²) >= 11 is 4.28. The summed E-state index contributed by atoms with van der Waals surface area (Å²) in [5, 5.41) is 9.60. The molecule has 0 aromatic heterocycles. The summed E-state index contributed by atoms with van der Waals surface area (Å²) in [5.74, 6) is 2.38. The maximum Gasteiger partial charge on any atom is 1.00 e. The van der Waals surface area contributed by atoms with Gasteiger partial charge in [0.2, 0.25) is 0 Å². The second-order valence-corrected chi connectivity index (χ2v) is 9.86. The first-order chi connectivity index (χ1) is 17.0. The van der Waals surface area contributed by atoms with Crippen molar-refractivity contribution in [2.75, 3.05) is 27.4 Å². The largest absolute Gasteiger partial charge is 1.00 e. The van der Waals surface area contributed by atoms with Crippen molar-refractivity contribution in [1.82, 2.24) is 0 Å². The number of Topliss-reactive ketones (excluding diaryl/α,β-unsaturated/α-hetero) is 1. The van der Waals surface area contributed by atoms with Crippen LogP contribution in [0.25, 0.3) is 0 Å².